The van der Waals surface area contributed by atoms with Crippen molar-refractivity contribution in [2.24, 2.45) is 5.92 Å². The first kappa shape index (κ1) is 13.5. The molecule has 1 aromatic carbocycles. The van der Waals surface area contributed by atoms with Crippen molar-refractivity contribution in [3.63, 3.8) is 0 Å². The Morgan fingerprint density at radius 1 is 1.39 bits per heavy atom. The number of ether oxygens (including phenoxy) is 1. The molecular formula is C15H23NO2. The Hall–Kier alpha value is -0.900. The van der Waals surface area contributed by atoms with Gasteiger partial charge in [-0.3, -0.25) is 0 Å². The summed E-state index contributed by atoms with van der Waals surface area (Å²) in [6, 6.07) is 8.61. The van der Waals surface area contributed by atoms with Crippen LogP contribution in [0.15, 0.2) is 24.3 Å². The maximum absolute atomic E-state index is 9.32. The Bertz CT molecular complexity index is 379. The van der Waals surface area contributed by atoms with Gasteiger partial charge in [0.2, 0.25) is 0 Å². The Kier molecular flexibility index (Phi) is 4.75. The molecule has 0 aromatic heterocycles. The van der Waals surface area contributed by atoms with Crippen LogP contribution in [0.4, 0.5) is 0 Å². The Morgan fingerprint density at radius 3 is 2.89 bits per heavy atom. The van der Waals surface area contributed by atoms with Crippen molar-refractivity contribution in [2.75, 3.05) is 19.8 Å². The number of fused-ring (bicyclic) bond motifs is 1. The molecule has 0 radical (unpaired) electrons. The summed E-state index contributed by atoms with van der Waals surface area (Å²) in [6.45, 7) is 5.95. The molecule has 1 aromatic rings. The van der Waals surface area contributed by atoms with Gasteiger partial charge in [-0.25, -0.2) is 0 Å². The molecule has 0 spiro atoms. The molecule has 18 heavy (non-hydrogen) atoms. The number of aliphatic hydroxyl groups is 1. The van der Waals surface area contributed by atoms with Gasteiger partial charge in [-0.1, -0.05) is 38.1 Å². The fourth-order valence-corrected chi connectivity index (χ4v) is 2.42. The third kappa shape index (κ3) is 3.10. The zero-order valence-electron chi connectivity index (χ0n) is 11.2. The summed E-state index contributed by atoms with van der Waals surface area (Å²) in [6.07, 6.45) is 1.11. The van der Waals surface area contributed by atoms with Crippen molar-refractivity contribution in [3.8, 4) is 0 Å². The molecule has 1 heterocycles. The van der Waals surface area contributed by atoms with Crippen molar-refractivity contribution < 1.29 is 9.84 Å². The monoisotopic (exact) mass is 249 g/mol. The quantitative estimate of drug-likeness (QED) is 0.837. The first-order valence-corrected chi connectivity index (χ1v) is 6.76. The zero-order chi connectivity index (χ0) is 13.0. The fourth-order valence-electron chi connectivity index (χ4n) is 2.42. The van der Waals surface area contributed by atoms with E-state index in [4.69, 9.17) is 4.74 Å². The molecule has 2 unspecified atom stereocenters. The molecule has 3 heteroatoms. The molecule has 0 amide bonds. The van der Waals surface area contributed by atoms with E-state index in [2.05, 4.69) is 43.4 Å². The van der Waals surface area contributed by atoms with Gasteiger partial charge in [0.1, 0.15) is 0 Å². The summed E-state index contributed by atoms with van der Waals surface area (Å²) in [5.74, 6) is 0.425. The van der Waals surface area contributed by atoms with E-state index in [0.717, 1.165) is 19.6 Å². The van der Waals surface area contributed by atoms with Crippen LogP contribution in [-0.4, -0.2) is 30.9 Å². The molecule has 2 N–H and O–H groups in total. The lowest BCUT2D eigenvalue weighted by molar-refractivity contribution is 0.0374. The summed E-state index contributed by atoms with van der Waals surface area (Å²) < 4.78 is 5.83. The lowest BCUT2D eigenvalue weighted by atomic mass is 9.97. The lowest BCUT2D eigenvalue weighted by Gasteiger charge is -2.29. The van der Waals surface area contributed by atoms with Gasteiger partial charge in [-0.05, 0) is 23.5 Å². The number of benzene rings is 1. The molecule has 0 saturated carbocycles. The minimum atomic E-state index is 0.114. The number of hydrogen-bond donors (Lipinski definition) is 2. The Balaban J connectivity index is 1.99. The lowest BCUT2D eigenvalue weighted by Crippen LogP contribution is -2.40. The molecule has 2 atom stereocenters. The number of nitrogens with one attached hydrogen (secondary N) is 1. The SMILES string of the molecule is CC(C)C(CO)NCC1OCCc2ccccc21. The molecule has 100 valence electrons. The first-order chi connectivity index (χ1) is 8.72. The largest absolute Gasteiger partial charge is 0.395 e. The summed E-state index contributed by atoms with van der Waals surface area (Å²) in [5.41, 5.74) is 2.68. The predicted octanol–water partition coefficient (Wildman–Crippen LogP) is 1.91. The molecule has 0 fully saturated rings. The molecule has 0 bridgehead atoms. The van der Waals surface area contributed by atoms with Gasteiger partial charge in [0.15, 0.2) is 0 Å². The van der Waals surface area contributed by atoms with Gasteiger partial charge < -0.3 is 15.2 Å². The van der Waals surface area contributed by atoms with E-state index in [9.17, 15) is 5.11 Å². The second-order valence-electron chi connectivity index (χ2n) is 5.25. The Morgan fingerprint density at radius 2 is 2.17 bits per heavy atom. The second-order valence-corrected chi connectivity index (χ2v) is 5.25. The summed E-state index contributed by atoms with van der Waals surface area (Å²) >= 11 is 0. The van der Waals surface area contributed by atoms with Crippen molar-refractivity contribution >= 4 is 0 Å². The van der Waals surface area contributed by atoms with Crippen molar-refractivity contribution in [2.45, 2.75) is 32.4 Å². The van der Waals surface area contributed by atoms with Crippen LogP contribution in [0.2, 0.25) is 0 Å². The van der Waals surface area contributed by atoms with Crippen LogP contribution >= 0.6 is 0 Å². The van der Waals surface area contributed by atoms with Crippen LogP contribution in [0.25, 0.3) is 0 Å². The highest BCUT2D eigenvalue weighted by Gasteiger charge is 2.21. The topological polar surface area (TPSA) is 41.5 Å². The second kappa shape index (κ2) is 6.32. The number of hydrogen-bond acceptors (Lipinski definition) is 3. The van der Waals surface area contributed by atoms with Crippen LogP contribution in [0.1, 0.15) is 31.1 Å². The average Bonchev–Trinajstić information content (AvgIpc) is 2.39. The third-order valence-electron chi connectivity index (χ3n) is 3.66. The Labute approximate surface area is 109 Å². The predicted molar refractivity (Wildman–Crippen MR) is 72.6 cm³/mol. The normalized spacial score (nSPS) is 20.8. The number of rotatable bonds is 5. The van der Waals surface area contributed by atoms with E-state index in [0.29, 0.717) is 5.92 Å². The van der Waals surface area contributed by atoms with Gasteiger partial charge in [0.25, 0.3) is 0 Å². The zero-order valence-corrected chi connectivity index (χ0v) is 11.2. The van der Waals surface area contributed by atoms with Crippen LogP contribution in [0.3, 0.4) is 0 Å². The number of aliphatic hydroxyl groups excluding tert-OH is 1. The van der Waals surface area contributed by atoms with Gasteiger partial charge in [0.05, 0.1) is 19.3 Å². The van der Waals surface area contributed by atoms with E-state index in [-0.39, 0.29) is 18.8 Å². The van der Waals surface area contributed by atoms with Gasteiger partial charge in [0, 0.05) is 12.6 Å². The highest BCUT2D eigenvalue weighted by atomic mass is 16.5. The van der Waals surface area contributed by atoms with Crippen LogP contribution < -0.4 is 5.32 Å². The van der Waals surface area contributed by atoms with Gasteiger partial charge >= 0.3 is 0 Å². The highest BCUT2D eigenvalue weighted by Crippen LogP contribution is 2.26. The van der Waals surface area contributed by atoms with E-state index >= 15 is 0 Å². The smallest absolute Gasteiger partial charge is 0.0952 e. The molecule has 1 aliphatic rings. The average molecular weight is 249 g/mol. The molecular weight excluding hydrogens is 226 g/mol. The molecule has 1 aliphatic heterocycles. The van der Waals surface area contributed by atoms with Crippen molar-refractivity contribution in [1.29, 1.82) is 0 Å². The van der Waals surface area contributed by atoms with E-state index in [1.807, 2.05) is 0 Å². The first-order valence-electron chi connectivity index (χ1n) is 6.76. The van der Waals surface area contributed by atoms with Crippen LogP contribution in [0.5, 0.6) is 0 Å². The maximum atomic E-state index is 9.32. The summed E-state index contributed by atoms with van der Waals surface area (Å²) in [4.78, 5) is 0. The van der Waals surface area contributed by atoms with Crippen LogP contribution in [0, 0.1) is 5.92 Å². The van der Waals surface area contributed by atoms with Crippen LogP contribution in [-0.2, 0) is 11.2 Å². The van der Waals surface area contributed by atoms with E-state index in [1.165, 1.54) is 11.1 Å². The summed E-state index contributed by atoms with van der Waals surface area (Å²) in [5, 5.41) is 12.7. The molecule has 2 rings (SSSR count). The fraction of sp³-hybridized carbons (Fsp3) is 0.600. The summed E-state index contributed by atoms with van der Waals surface area (Å²) in [7, 11) is 0. The highest BCUT2D eigenvalue weighted by molar-refractivity contribution is 5.31. The molecule has 0 aliphatic carbocycles. The minimum Gasteiger partial charge on any atom is -0.395 e. The maximum Gasteiger partial charge on any atom is 0.0952 e. The standard InChI is InChI=1S/C15H23NO2/c1-11(2)14(10-17)16-9-15-13-6-4-3-5-12(13)7-8-18-15/h3-6,11,14-17H,7-10H2,1-2H3. The third-order valence-corrected chi connectivity index (χ3v) is 3.66. The van der Waals surface area contributed by atoms with Crippen molar-refractivity contribution in [1.82, 2.24) is 5.32 Å². The molecule has 3 nitrogen and oxygen atoms in total. The van der Waals surface area contributed by atoms with Gasteiger partial charge in [-0.2, -0.15) is 0 Å². The van der Waals surface area contributed by atoms with Crippen molar-refractivity contribution in [3.05, 3.63) is 35.4 Å². The van der Waals surface area contributed by atoms with Gasteiger partial charge in [-0.15, -0.1) is 0 Å². The molecule has 0 saturated heterocycles. The minimum absolute atomic E-state index is 0.114. The van der Waals surface area contributed by atoms with E-state index in [1.54, 1.807) is 0 Å². The van der Waals surface area contributed by atoms with E-state index < -0.39 is 0 Å².